The fraction of sp³-hybridized carbons (Fsp3) is 0.714. The number of rotatable bonds is 2. The zero-order valence-corrected chi connectivity index (χ0v) is 7.89. The normalized spacial score (nSPS) is 14.8. The van der Waals surface area contributed by atoms with Crippen molar-refractivity contribution in [1.29, 1.82) is 0 Å². The molecule has 68 valence electrons. The van der Waals surface area contributed by atoms with Crippen LogP contribution in [-0.4, -0.2) is 10.1 Å². The fourth-order valence-corrected chi connectivity index (χ4v) is 0.727. The highest BCUT2D eigenvalue weighted by molar-refractivity contribution is 6.20. The number of halogens is 2. The Morgan fingerprint density at radius 2 is 2.17 bits per heavy atom. The molecule has 1 aromatic heterocycles. The SMILES string of the molecule is CC(Cl)c1noc(C(C)(C)F)n1. The molecule has 0 N–H and O–H groups in total. The second-order valence-corrected chi connectivity index (χ2v) is 3.70. The van der Waals surface area contributed by atoms with E-state index in [9.17, 15) is 4.39 Å². The molecule has 1 heterocycles. The molecule has 0 saturated heterocycles. The third kappa shape index (κ3) is 1.94. The lowest BCUT2D eigenvalue weighted by Crippen LogP contribution is -2.09. The van der Waals surface area contributed by atoms with Crippen LogP contribution in [0.3, 0.4) is 0 Å². The van der Waals surface area contributed by atoms with Crippen molar-refractivity contribution < 1.29 is 8.91 Å². The van der Waals surface area contributed by atoms with Gasteiger partial charge < -0.3 is 4.52 Å². The van der Waals surface area contributed by atoms with Gasteiger partial charge in [0, 0.05) is 0 Å². The molecule has 0 spiro atoms. The molecule has 0 fully saturated rings. The number of alkyl halides is 2. The summed E-state index contributed by atoms with van der Waals surface area (Å²) in [6, 6.07) is 0. The van der Waals surface area contributed by atoms with Crippen molar-refractivity contribution in [1.82, 2.24) is 10.1 Å². The Morgan fingerprint density at radius 1 is 1.58 bits per heavy atom. The average Bonchev–Trinajstić information content (AvgIpc) is 2.30. The molecule has 0 aromatic carbocycles. The van der Waals surface area contributed by atoms with Crippen LogP contribution in [0.4, 0.5) is 4.39 Å². The second kappa shape index (κ2) is 3.01. The van der Waals surface area contributed by atoms with Gasteiger partial charge in [-0.25, -0.2) is 4.39 Å². The molecule has 0 bridgehead atoms. The van der Waals surface area contributed by atoms with Crippen LogP contribution < -0.4 is 0 Å². The van der Waals surface area contributed by atoms with Gasteiger partial charge in [-0.3, -0.25) is 0 Å². The molecule has 1 atom stereocenters. The molecule has 1 rings (SSSR count). The molecule has 3 nitrogen and oxygen atoms in total. The summed E-state index contributed by atoms with van der Waals surface area (Å²) in [6.07, 6.45) is 0. The van der Waals surface area contributed by atoms with E-state index in [1.54, 1.807) is 6.92 Å². The van der Waals surface area contributed by atoms with Crippen LogP contribution in [0.25, 0.3) is 0 Å². The van der Waals surface area contributed by atoms with E-state index in [1.807, 2.05) is 0 Å². The van der Waals surface area contributed by atoms with Gasteiger partial charge >= 0.3 is 0 Å². The molecule has 1 aromatic rings. The van der Waals surface area contributed by atoms with Gasteiger partial charge in [0.05, 0.1) is 5.38 Å². The highest BCUT2D eigenvalue weighted by Crippen LogP contribution is 2.24. The number of nitrogens with zero attached hydrogens (tertiary/aromatic N) is 2. The minimum absolute atomic E-state index is 0.0370. The Kier molecular flexibility index (Phi) is 2.37. The van der Waals surface area contributed by atoms with Crippen molar-refractivity contribution in [3.05, 3.63) is 11.7 Å². The highest BCUT2D eigenvalue weighted by Gasteiger charge is 2.27. The molecular formula is C7H10ClFN2O. The van der Waals surface area contributed by atoms with Crippen LogP contribution in [0, 0.1) is 0 Å². The first-order valence-electron chi connectivity index (χ1n) is 3.58. The summed E-state index contributed by atoms with van der Waals surface area (Å²) in [4.78, 5) is 3.80. The summed E-state index contributed by atoms with van der Waals surface area (Å²) in [6.45, 7) is 4.40. The summed E-state index contributed by atoms with van der Waals surface area (Å²) in [5, 5.41) is 3.17. The minimum atomic E-state index is -1.60. The van der Waals surface area contributed by atoms with E-state index < -0.39 is 5.67 Å². The van der Waals surface area contributed by atoms with Crippen molar-refractivity contribution in [3.63, 3.8) is 0 Å². The molecule has 0 aliphatic carbocycles. The third-order valence-corrected chi connectivity index (χ3v) is 1.50. The van der Waals surface area contributed by atoms with Gasteiger partial charge in [-0.05, 0) is 20.8 Å². The van der Waals surface area contributed by atoms with Gasteiger partial charge in [-0.2, -0.15) is 4.98 Å². The molecular weight excluding hydrogens is 183 g/mol. The van der Waals surface area contributed by atoms with Crippen LogP contribution in [0.2, 0.25) is 0 Å². The average molecular weight is 193 g/mol. The molecule has 0 aliphatic heterocycles. The Balaban J connectivity index is 2.92. The van der Waals surface area contributed by atoms with Crippen LogP contribution in [0.15, 0.2) is 4.52 Å². The lowest BCUT2D eigenvalue weighted by molar-refractivity contribution is 0.155. The van der Waals surface area contributed by atoms with E-state index in [0.29, 0.717) is 5.82 Å². The Hall–Kier alpha value is -0.640. The summed E-state index contributed by atoms with van der Waals surface area (Å²) in [5.41, 5.74) is -1.60. The largest absolute Gasteiger partial charge is 0.336 e. The summed E-state index contributed by atoms with van der Waals surface area (Å²) in [5.74, 6) is 0.280. The Bertz CT molecular complexity index is 267. The molecule has 12 heavy (non-hydrogen) atoms. The second-order valence-electron chi connectivity index (χ2n) is 3.05. The van der Waals surface area contributed by atoms with Gasteiger partial charge in [0.1, 0.15) is 0 Å². The van der Waals surface area contributed by atoms with Crippen molar-refractivity contribution >= 4 is 11.6 Å². The minimum Gasteiger partial charge on any atom is -0.336 e. The van der Waals surface area contributed by atoms with Crippen LogP contribution in [-0.2, 0) is 5.67 Å². The lowest BCUT2D eigenvalue weighted by Gasteiger charge is -2.05. The number of hydrogen-bond acceptors (Lipinski definition) is 3. The molecule has 0 saturated carbocycles. The molecule has 1 unspecified atom stereocenters. The van der Waals surface area contributed by atoms with E-state index in [-0.39, 0.29) is 11.3 Å². The van der Waals surface area contributed by atoms with Gasteiger partial charge in [0.2, 0.25) is 0 Å². The van der Waals surface area contributed by atoms with Gasteiger partial charge in [0.15, 0.2) is 11.5 Å². The highest BCUT2D eigenvalue weighted by atomic mass is 35.5. The van der Waals surface area contributed by atoms with E-state index in [4.69, 9.17) is 11.6 Å². The third-order valence-electron chi connectivity index (χ3n) is 1.31. The first kappa shape index (κ1) is 9.45. The monoisotopic (exact) mass is 192 g/mol. The van der Waals surface area contributed by atoms with Crippen molar-refractivity contribution in [2.45, 2.75) is 31.8 Å². The predicted octanol–water partition coefficient (Wildman–Crippen LogP) is 2.57. The number of aromatic nitrogens is 2. The zero-order chi connectivity index (χ0) is 9.35. The maximum Gasteiger partial charge on any atom is 0.263 e. The summed E-state index contributed by atoms with van der Waals surface area (Å²) < 4.78 is 17.8. The van der Waals surface area contributed by atoms with E-state index >= 15 is 0 Å². The van der Waals surface area contributed by atoms with Crippen LogP contribution >= 0.6 is 11.6 Å². The maximum absolute atomic E-state index is 13.2. The number of hydrogen-bond donors (Lipinski definition) is 0. The lowest BCUT2D eigenvalue weighted by atomic mass is 10.2. The van der Waals surface area contributed by atoms with Gasteiger partial charge in [-0.1, -0.05) is 5.16 Å². The quantitative estimate of drug-likeness (QED) is 0.676. The van der Waals surface area contributed by atoms with Crippen molar-refractivity contribution in [2.75, 3.05) is 0 Å². The van der Waals surface area contributed by atoms with Crippen LogP contribution in [0.5, 0.6) is 0 Å². The van der Waals surface area contributed by atoms with Gasteiger partial charge in [-0.15, -0.1) is 11.6 Å². The Morgan fingerprint density at radius 3 is 2.42 bits per heavy atom. The molecule has 5 heteroatoms. The maximum atomic E-state index is 13.2. The van der Waals surface area contributed by atoms with E-state index in [2.05, 4.69) is 14.7 Å². The molecule has 0 aliphatic rings. The van der Waals surface area contributed by atoms with Crippen LogP contribution in [0.1, 0.15) is 37.9 Å². The van der Waals surface area contributed by atoms with Gasteiger partial charge in [0.25, 0.3) is 5.89 Å². The first-order valence-corrected chi connectivity index (χ1v) is 4.02. The topological polar surface area (TPSA) is 38.9 Å². The molecule has 0 radical (unpaired) electrons. The Labute approximate surface area is 74.9 Å². The summed E-state index contributed by atoms with van der Waals surface area (Å²) >= 11 is 5.66. The smallest absolute Gasteiger partial charge is 0.263 e. The standard InChI is InChI=1S/C7H10ClFN2O/c1-4(8)5-10-6(12-11-5)7(2,3)9/h4H,1-3H3. The van der Waals surface area contributed by atoms with Crippen molar-refractivity contribution in [3.8, 4) is 0 Å². The van der Waals surface area contributed by atoms with E-state index in [0.717, 1.165) is 0 Å². The van der Waals surface area contributed by atoms with Crippen molar-refractivity contribution in [2.24, 2.45) is 0 Å². The van der Waals surface area contributed by atoms with E-state index in [1.165, 1.54) is 13.8 Å². The molecule has 0 amide bonds. The predicted molar refractivity (Wildman–Crippen MR) is 42.7 cm³/mol. The first-order chi connectivity index (χ1) is 5.41. The summed E-state index contributed by atoms with van der Waals surface area (Å²) in [7, 11) is 0. The zero-order valence-electron chi connectivity index (χ0n) is 7.14. The fourth-order valence-electron chi connectivity index (χ4n) is 0.638.